The van der Waals surface area contributed by atoms with Crippen LogP contribution in [0.5, 0.6) is 0 Å². The minimum Gasteiger partial charge on any atom is -0.395 e. The van der Waals surface area contributed by atoms with E-state index in [4.69, 9.17) is 28.3 Å². The molecule has 0 saturated carbocycles. The van der Waals surface area contributed by atoms with E-state index in [1.807, 2.05) is 24.3 Å². The van der Waals surface area contributed by atoms with Gasteiger partial charge in [0.05, 0.1) is 22.8 Å². The lowest BCUT2D eigenvalue weighted by molar-refractivity contribution is 0.311. The lowest BCUT2D eigenvalue weighted by Crippen LogP contribution is -2.09. The van der Waals surface area contributed by atoms with Crippen molar-refractivity contribution in [3.63, 3.8) is 0 Å². The van der Waals surface area contributed by atoms with Gasteiger partial charge in [0.1, 0.15) is 5.82 Å². The van der Waals surface area contributed by atoms with Gasteiger partial charge in [-0.1, -0.05) is 35.3 Å². The van der Waals surface area contributed by atoms with Crippen LogP contribution in [0.2, 0.25) is 10.0 Å². The number of nitrogens with one attached hydrogen (secondary N) is 2. The molecule has 1 heterocycles. The topological polar surface area (TPSA) is 70.1 Å². The number of hydrogen-bond acceptors (Lipinski definition) is 5. The van der Waals surface area contributed by atoms with E-state index in [-0.39, 0.29) is 6.61 Å². The van der Waals surface area contributed by atoms with E-state index >= 15 is 0 Å². The number of fused-ring (bicyclic) bond motifs is 1. The van der Waals surface area contributed by atoms with Gasteiger partial charge in [-0.15, -0.1) is 0 Å². The van der Waals surface area contributed by atoms with Crippen molar-refractivity contribution in [3.8, 4) is 0 Å². The number of aliphatic hydroxyl groups excluding tert-OH is 1. The molecule has 23 heavy (non-hydrogen) atoms. The van der Waals surface area contributed by atoms with Crippen LogP contribution in [0, 0.1) is 0 Å². The highest BCUT2D eigenvalue weighted by Gasteiger charge is 2.09. The summed E-state index contributed by atoms with van der Waals surface area (Å²) in [4.78, 5) is 8.94. The van der Waals surface area contributed by atoms with Crippen LogP contribution in [-0.4, -0.2) is 28.2 Å². The molecule has 0 aliphatic rings. The summed E-state index contributed by atoms with van der Waals surface area (Å²) in [5, 5.41) is 17.2. The van der Waals surface area contributed by atoms with E-state index in [0.29, 0.717) is 34.0 Å². The lowest BCUT2D eigenvalue weighted by Gasteiger charge is -2.12. The molecule has 0 saturated heterocycles. The quantitative estimate of drug-likeness (QED) is 0.647. The third-order valence-corrected chi connectivity index (χ3v) is 3.75. The Morgan fingerprint density at radius 2 is 1.87 bits per heavy atom. The molecule has 2 aromatic carbocycles. The van der Waals surface area contributed by atoms with E-state index in [9.17, 15) is 0 Å². The fourth-order valence-corrected chi connectivity index (χ4v) is 2.49. The largest absolute Gasteiger partial charge is 0.395 e. The minimum atomic E-state index is 0.0151. The fraction of sp³-hybridized carbons (Fsp3) is 0.125. The van der Waals surface area contributed by atoms with Crippen LogP contribution in [0.15, 0.2) is 42.5 Å². The van der Waals surface area contributed by atoms with Crippen molar-refractivity contribution < 1.29 is 5.11 Å². The Balaban J connectivity index is 2.02. The molecule has 0 unspecified atom stereocenters. The Hall–Kier alpha value is -2.08. The molecule has 5 nitrogen and oxygen atoms in total. The molecular weight excluding hydrogens is 335 g/mol. The van der Waals surface area contributed by atoms with Gasteiger partial charge in [0.2, 0.25) is 5.95 Å². The standard InChI is InChI=1S/C16H14Cl2N4O/c17-10-5-6-12(18)14(9-10)21-16-20-13-4-2-1-3-11(13)15(22-16)19-7-8-23/h1-6,9,23H,7-8H2,(H2,19,20,21,22). The zero-order chi connectivity index (χ0) is 16.2. The third kappa shape index (κ3) is 3.64. The first-order chi connectivity index (χ1) is 11.2. The molecule has 3 rings (SSSR count). The first-order valence-corrected chi connectivity index (χ1v) is 7.76. The number of hydrogen-bond donors (Lipinski definition) is 3. The maximum atomic E-state index is 9.02. The van der Waals surface area contributed by atoms with Crippen molar-refractivity contribution in [1.82, 2.24) is 9.97 Å². The second kappa shape index (κ2) is 7.00. The summed E-state index contributed by atoms with van der Waals surface area (Å²) in [5.74, 6) is 1.04. The van der Waals surface area contributed by atoms with E-state index in [0.717, 1.165) is 10.9 Å². The number of halogens is 2. The summed E-state index contributed by atoms with van der Waals surface area (Å²) in [6, 6.07) is 12.8. The number of rotatable bonds is 5. The van der Waals surface area contributed by atoms with Gasteiger partial charge >= 0.3 is 0 Å². The minimum absolute atomic E-state index is 0.0151. The first kappa shape index (κ1) is 15.8. The molecule has 0 bridgehead atoms. The molecule has 0 atom stereocenters. The summed E-state index contributed by atoms with van der Waals surface area (Å²) in [6.45, 7) is 0.416. The predicted molar refractivity (Wildman–Crippen MR) is 94.9 cm³/mol. The summed E-state index contributed by atoms with van der Waals surface area (Å²) < 4.78 is 0. The van der Waals surface area contributed by atoms with Crippen molar-refractivity contribution in [1.29, 1.82) is 0 Å². The maximum absolute atomic E-state index is 9.02. The molecule has 0 aliphatic carbocycles. The van der Waals surface area contributed by atoms with Gasteiger partial charge in [-0.2, -0.15) is 4.98 Å². The summed E-state index contributed by atoms with van der Waals surface area (Å²) in [5.41, 5.74) is 1.41. The molecule has 0 radical (unpaired) electrons. The van der Waals surface area contributed by atoms with Gasteiger partial charge in [-0.05, 0) is 30.3 Å². The number of nitrogens with zero attached hydrogens (tertiary/aromatic N) is 2. The molecule has 3 aromatic rings. The number of aliphatic hydroxyl groups is 1. The maximum Gasteiger partial charge on any atom is 0.229 e. The number of benzene rings is 2. The lowest BCUT2D eigenvalue weighted by atomic mass is 10.2. The zero-order valence-electron chi connectivity index (χ0n) is 12.1. The van der Waals surface area contributed by atoms with Crippen molar-refractivity contribution in [2.45, 2.75) is 0 Å². The van der Waals surface area contributed by atoms with Crippen molar-refractivity contribution in [2.24, 2.45) is 0 Å². The van der Waals surface area contributed by atoms with E-state index in [1.54, 1.807) is 18.2 Å². The van der Waals surface area contributed by atoms with Gasteiger partial charge in [0, 0.05) is 17.0 Å². The van der Waals surface area contributed by atoms with Crippen LogP contribution in [0.1, 0.15) is 0 Å². The van der Waals surface area contributed by atoms with Crippen LogP contribution >= 0.6 is 23.2 Å². The summed E-state index contributed by atoms with van der Waals surface area (Å²) >= 11 is 12.2. The SMILES string of the molecule is OCCNc1nc(Nc2cc(Cl)ccc2Cl)nc2ccccc12. The third-order valence-electron chi connectivity index (χ3n) is 3.18. The van der Waals surface area contributed by atoms with Gasteiger partial charge in [0.25, 0.3) is 0 Å². The summed E-state index contributed by atoms with van der Waals surface area (Å²) in [7, 11) is 0. The molecule has 3 N–H and O–H groups in total. The van der Waals surface area contributed by atoms with E-state index in [2.05, 4.69) is 20.6 Å². The highest BCUT2D eigenvalue weighted by atomic mass is 35.5. The van der Waals surface area contributed by atoms with Crippen LogP contribution in [0.25, 0.3) is 10.9 Å². The van der Waals surface area contributed by atoms with E-state index in [1.165, 1.54) is 0 Å². The van der Waals surface area contributed by atoms with Crippen LogP contribution in [-0.2, 0) is 0 Å². The van der Waals surface area contributed by atoms with Crippen molar-refractivity contribution in [2.75, 3.05) is 23.8 Å². The Labute approximate surface area is 143 Å². The molecular formula is C16H14Cl2N4O. The van der Waals surface area contributed by atoms with Crippen LogP contribution in [0.3, 0.4) is 0 Å². The smallest absolute Gasteiger partial charge is 0.229 e. The molecule has 0 fully saturated rings. The highest BCUT2D eigenvalue weighted by Crippen LogP contribution is 2.29. The molecule has 0 spiro atoms. The van der Waals surface area contributed by atoms with Gasteiger partial charge in [-0.3, -0.25) is 0 Å². The Kier molecular flexibility index (Phi) is 4.81. The first-order valence-electron chi connectivity index (χ1n) is 7.01. The Bertz CT molecular complexity index is 841. The number of anilines is 3. The Morgan fingerprint density at radius 3 is 2.70 bits per heavy atom. The molecule has 0 aliphatic heterocycles. The Morgan fingerprint density at radius 1 is 1.04 bits per heavy atom. The highest BCUT2D eigenvalue weighted by molar-refractivity contribution is 6.35. The van der Waals surface area contributed by atoms with Gasteiger partial charge < -0.3 is 15.7 Å². The average Bonchev–Trinajstić information content (AvgIpc) is 2.56. The number of aromatic nitrogens is 2. The predicted octanol–water partition coefficient (Wildman–Crippen LogP) is 4.08. The summed E-state index contributed by atoms with van der Waals surface area (Å²) in [6.07, 6.45) is 0. The van der Waals surface area contributed by atoms with Crippen molar-refractivity contribution in [3.05, 3.63) is 52.5 Å². The van der Waals surface area contributed by atoms with E-state index < -0.39 is 0 Å². The second-order valence-electron chi connectivity index (χ2n) is 4.81. The van der Waals surface area contributed by atoms with Crippen LogP contribution in [0.4, 0.5) is 17.5 Å². The molecule has 118 valence electrons. The molecule has 1 aromatic heterocycles. The molecule has 7 heteroatoms. The van der Waals surface area contributed by atoms with Crippen molar-refractivity contribution >= 4 is 51.6 Å². The monoisotopic (exact) mass is 348 g/mol. The number of para-hydroxylation sites is 1. The molecule has 0 amide bonds. The average molecular weight is 349 g/mol. The normalized spacial score (nSPS) is 10.7. The zero-order valence-corrected chi connectivity index (χ0v) is 13.6. The second-order valence-corrected chi connectivity index (χ2v) is 5.66. The van der Waals surface area contributed by atoms with Gasteiger partial charge in [-0.25, -0.2) is 4.98 Å². The fourth-order valence-electron chi connectivity index (χ4n) is 2.16. The van der Waals surface area contributed by atoms with Crippen LogP contribution < -0.4 is 10.6 Å². The van der Waals surface area contributed by atoms with Gasteiger partial charge in [0.15, 0.2) is 0 Å².